The van der Waals surface area contributed by atoms with Crippen molar-refractivity contribution in [2.45, 2.75) is 19.9 Å². The normalized spacial score (nSPS) is 12.1. The molecule has 0 spiro atoms. The molecule has 0 unspecified atom stereocenters. The van der Waals surface area contributed by atoms with Crippen molar-refractivity contribution in [3.8, 4) is 22.8 Å². The fourth-order valence-corrected chi connectivity index (χ4v) is 4.95. The first kappa shape index (κ1) is 26.1. The molecule has 0 fully saturated rings. The number of aryl methyl sites for hydroxylation is 1. The Morgan fingerprint density at radius 1 is 1.05 bits per heavy atom. The molecule has 0 bridgehead atoms. The van der Waals surface area contributed by atoms with Crippen molar-refractivity contribution in [1.82, 2.24) is 33.9 Å². The summed E-state index contributed by atoms with van der Waals surface area (Å²) in [4.78, 5) is 47.4. The standard InChI is InChI=1S/C29H23ClN8O3/c1-15-10-18(16(2)34-21-6-7-23(30)35-26(21)29(40)41)25-19(11-15)28(39)37(3)27(36-25)17-4-5-20(32-12-17)22-14-38-9-8-31-24(38)13-33-22/h4-14,16,34H,1-3H3,(H,40,41)/t16-/m1/s1. The van der Waals surface area contributed by atoms with Crippen LogP contribution in [0.5, 0.6) is 0 Å². The maximum Gasteiger partial charge on any atom is 0.356 e. The number of anilines is 1. The Balaban J connectivity index is 1.42. The Hall–Kier alpha value is -5.16. The van der Waals surface area contributed by atoms with E-state index in [0.717, 1.165) is 16.8 Å². The molecule has 6 rings (SSSR count). The average Bonchev–Trinajstić information content (AvgIpc) is 3.44. The molecule has 0 saturated carbocycles. The lowest BCUT2D eigenvalue weighted by atomic mass is 10.0. The van der Waals surface area contributed by atoms with Gasteiger partial charge in [0.15, 0.2) is 11.3 Å². The lowest BCUT2D eigenvalue weighted by molar-refractivity contribution is 0.0691. The number of hydrogen-bond donors (Lipinski definition) is 2. The molecule has 0 aliphatic heterocycles. The number of carboxylic acid groups (broad SMARTS) is 1. The number of fused-ring (bicyclic) bond motifs is 2. The number of carbonyl (C=O) groups is 1. The zero-order chi connectivity index (χ0) is 28.8. The van der Waals surface area contributed by atoms with Crippen LogP contribution in [0, 0.1) is 6.92 Å². The number of aromatic nitrogens is 7. The van der Waals surface area contributed by atoms with Gasteiger partial charge in [-0.2, -0.15) is 0 Å². The van der Waals surface area contributed by atoms with Crippen LogP contribution in [-0.4, -0.2) is 45.0 Å². The number of aromatic carboxylic acids is 1. The van der Waals surface area contributed by atoms with E-state index >= 15 is 0 Å². The van der Waals surface area contributed by atoms with E-state index in [0.29, 0.717) is 39.4 Å². The van der Waals surface area contributed by atoms with Gasteiger partial charge in [0.1, 0.15) is 16.7 Å². The van der Waals surface area contributed by atoms with E-state index in [4.69, 9.17) is 16.6 Å². The molecular weight excluding hydrogens is 544 g/mol. The molecule has 41 heavy (non-hydrogen) atoms. The van der Waals surface area contributed by atoms with Crippen LogP contribution in [0.1, 0.15) is 34.6 Å². The minimum atomic E-state index is -1.21. The molecule has 12 heteroatoms. The Morgan fingerprint density at radius 2 is 1.85 bits per heavy atom. The van der Waals surface area contributed by atoms with Crippen LogP contribution in [0.15, 0.2) is 72.2 Å². The highest BCUT2D eigenvalue weighted by atomic mass is 35.5. The monoisotopic (exact) mass is 566 g/mol. The van der Waals surface area contributed by atoms with Gasteiger partial charge in [-0.1, -0.05) is 17.7 Å². The van der Waals surface area contributed by atoms with Gasteiger partial charge < -0.3 is 14.8 Å². The van der Waals surface area contributed by atoms with Gasteiger partial charge in [-0.05, 0) is 49.7 Å². The zero-order valence-corrected chi connectivity index (χ0v) is 23.0. The third kappa shape index (κ3) is 4.76. The number of carboxylic acids is 1. The highest BCUT2D eigenvalue weighted by Crippen LogP contribution is 2.29. The summed E-state index contributed by atoms with van der Waals surface area (Å²) in [5.74, 6) is -0.766. The molecule has 0 saturated heterocycles. The Morgan fingerprint density at radius 3 is 2.61 bits per heavy atom. The van der Waals surface area contributed by atoms with Crippen LogP contribution in [0.25, 0.3) is 39.3 Å². The van der Waals surface area contributed by atoms with Gasteiger partial charge in [0.05, 0.1) is 34.5 Å². The number of hydrogen-bond acceptors (Lipinski definition) is 8. The summed E-state index contributed by atoms with van der Waals surface area (Å²) >= 11 is 5.92. The second kappa shape index (κ2) is 10.1. The quantitative estimate of drug-likeness (QED) is 0.268. The second-order valence-electron chi connectivity index (χ2n) is 9.65. The molecule has 204 valence electrons. The Bertz CT molecular complexity index is 2040. The smallest absolute Gasteiger partial charge is 0.356 e. The van der Waals surface area contributed by atoms with Crippen molar-refractivity contribution in [1.29, 1.82) is 0 Å². The van der Waals surface area contributed by atoms with Gasteiger partial charge >= 0.3 is 5.97 Å². The first-order chi connectivity index (χ1) is 19.7. The molecule has 0 aliphatic rings. The maximum absolute atomic E-state index is 13.5. The van der Waals surface area contributed by atoms with Crippen molar-refractivity contribution in [3.63, 3.8) is 0 Å². The SMILES string of the molecule is Cc1cc([C@@H](C)Nc2ccc(Cl)nc2C(=O)O)c2nc(-c3ccc(-c4cn5ccnc5cn4)nc3)n(C)c(=O)c2c1. The van der Waals surface area contributed by atoms with E-state index in [-0.39, 0.29) is 16.4 Å². The lowest BCUT2D eigenvalue weighted by Crippen LogP contribution is -2.22. The van der Waals surface area contributed by atoms with Crippen molar-refractivity contribution in [3.05, 3.63) is 99.7 Å². The maximum atomic E-state index is 13.5. The summed E-state index contributed by atoms with van der Waals surface area (Å²) in [6.07, 6.45) is 8.73. The van der Waals surface area contributed by atoms with E-state index in [1.165, 1.54) is 10.6 Å². The lowest BCUT2D eigenvalue weighted by Gasteiger charge is -2.20. The van der Waals surface area contributed by atoms with Crippen molar-refractivity contribution < 1.29 is 9.90 Å². The minimum Gasteiger partial charge on any atom is -0.476 e. The highest BCUT2D eigenvalue weighted by molar-refractivity contribution is 6.29. The van der Waals surface area contributed by atoms with Crippen molar-refractivity contribution in [2.24, 2.45) is 7.05 Å². The summed E-state index contributed by atoms with van der Waals surface area (Å²) in [6, 6.07) is 10.1. The predicted molar refractivity (Wildman–Crippen MR) is 155 cm³/mol. The summed E-state index contributed by atoms with van der Waals surface area (Å²) in [7, 11) is 1.68. The van der Waals surface area contributed by atoms with Crippen LogP contribution >= 0.6 is 11.6 Å². The predicted octanol–water partition coefficient (Wildman–Crippen LogP) is 4.93. The van der Waals surface area contributed by atoms with Crippen molar-refractivity contribution in [2.75, 3.05) is 5.32 Å². The molecule has 0 amide bonds. The van der Waals surface area contributed by atoms with Gasteiger partial charge in [-0.3, -0.25) is 14.3 Å². The van der Waals surface area contributed by atoms with Gasteiger partial charge in [-0.15, -0.1) is 0 Å². The van der Waals surface area contributed by atoms with Crippen LogP contribution in [-0.2, 0) is 7.05 Å². The van der Waals surface area contributed by atoms with Crippen LogP contribution in [0.3, 0.4) is 0 Å². The average molecular weight is 567 g/mol. The molecular formula is C29H23ClN8O3. The zero-order valence-electron chi connectivity index (χ0n) is 22.2. The molecule has 1 aromatic carbocycles. The van der Waals surface area contributed by atoms with E-state index < -0.39 is 12.0 Å². The second-order valence-corrected chi connectivity index (χ2v) is 10.0. The Labute approximate surface area is 238 Å². The summed E-state index contributed by atoms with van der Waals surface area (Å²) in [5.41, 5.74) is 4.73. The molecule has 0 aliphatic carbocycles. The number of rotatable bonds is 6. The number of pyridine rings is 2. The largest absolute Gasteiger partial charge is 0.476 e. The number of nitrogens with zero attached hydrogens (tertiary/aromatic N) is 7. The molecule has 0 radical (unpaired) electrons. The van der Waals surface area contributed by atoms with Gasteiger partial charge in [0, 0.05) is 43.0 Å². The van der Waals surface area contributed by atoms with Crippen molar-refractivity contribution >= 4 is 39.8 Å². The van der Waals surface area contributed by atoms with E-state index in [1.54, 1.807) is 37.8 Å². The Kier molecular flexibility index (Phi) is 6.43. The first-order valence-corrected chi connectivity index (χ1v) is 13.0. The molecule has 6 aromatic rings. The summed E-state index contributed by atoms with van der Waals surface area (Å²) in [5, 5.41) is 13.4. The van der Waals surface area contributed by atoms with Crippen LogP contribution in [0.4, 0.5) is 5.69 Å². The van der Waals surface area contributed by atoms with E-state index in [9.17, 15) is 14.7 Å². The topological polar surface area (TPSA) is 140 Å². The fraction of sp³-hybridized carbons (Fsp3) is 0.138. The van der Waals surface area contributed by atoms with Crippen LogP contribution in [0.2, 0.25) is 5.15 Å². The molecule has 2 N–H and O–H groups in total. The summed E-state index contributed by atoms with van der Waals surface area (Å²) in [6.45, 7) is 3.76. The number of halogens is 1. The van der Waals surface area contributed by atoms with Gasteiger partial charge in [0.2, 0.25) is 0 Å². The van der Waals surface area contributed by atoms with Gasteiger partial charge in [0.25, 0.3) is 5.56 Å². The number of imidazole rings is 1. The highest BCUT2D eigenvalue weighted by Gasteiger charge is 2.20. The minimum absolute atomic E-state index is 0.0779. The van der Waals surface area contributed by atoms with E-state index in [2.05, 4.69) is 25.3 Å². The molecule has 5 aromatic heterocycles. The third-order valence-electron chi connectivity index (χ3n) is 6.82. The number of benzene rings is 1. The third-order valence-corrected chi connectivity index (χ3v) is 7.03. The molecule has 5 heterocycles. The first-order valence-electron chi connectivity index (χ1n) is 12.6. The van der Waals surface area contributed by atoms with Gasteiger partial charge in [-0.25, -0.2) is 24.7 Å². The fourth-order valence-electron chi connectivity index (χ4n) is 4.80. The molecule has 11 nitrogen and oxygen atoms in total. The number of nitrogens with one attached hydrogen (secondary N) is 1. The van der Waals surface area contributed by atoms with E-state index in [1.807, 2.05) is 48.8 Å². The molecule has 1 atom stereocenters. The van der Waals surface area contributed by atoms with Crippen LogP contribution < -0.4 is 10.9 Å². The summed E-state index contributed by atoms with van der Waals surface area (Å²) < 4.78 is 3.37.